The number of aromatic amines is 1. The maximum atomic E-state index is 11.7. The second-order valence-corrected chi connectivity index (χ2v) is 5.16. The van der Waals surface area contributed by atoms with Gasteiger partial charge >= 0.3 is 0 Å². The molecule has 2 amide bonds. The minimum absolute atomic E-state index is 0.359. The van der Waals surface area contributed by atoms with E-state index < -0.39 is 11.8 Å². The largest absolute Gasteiger partial charge is 0.496 e. The number of hydrogen-bond donors (Lipinski definition) is 3. The minimum Gasteiger partial charge on any atom is -0.496 e. The number of nitrogens with one attached hydrogen (secondary N) is 3. The van der Waals surface area contributed by atoms with Gasteiger partial charge in [0.15, 0.2) is 0 Å². The van der Waals surface area contributed by atoms with Crippen molar-refractivity contribution >= 4 is 33.8 Å². The van der Waals surface area contributed by atoms with E-state index >= 15 is 0 Å². The van der Waals surface area contributed by atoms with Gasteiger partial charge in [-0.25, -0.2) is 0 Å². The van der Waals surface area contributed by atoms with Crippen molar-refractivity contribution in [3.05, 3.63) is 58.3 Å². The number of hydrogen-bond acceptors (Lipinski definition) is 3. The van der Waals surface area contributed by atoms with Crippen LogP contribution in [0.3, 0.4) is 0 Å². The van der Waals surface area contributed by atoms with E-state index in [1.807, 2.05) is 12.1 Å². The number of hydrazine groups is 1. The lowest BCUT2D eigenvalue weighted by Gasteiger charge is -2.05. The molecule has 0 atom stereocenters. The molecule has 0 aliphatic carbocycles. The number of ether oxygens (including phenoxy) is 1. The Balaban J connectivity index is 1.94. The number of halogens is 1. The SMILES string of the molecule is COc1ccc(Br)cc1/C=C/C(=O)NNC(=O)c1ccc[nH]1. The normalized spacial score (nSPS) is 10.5. The van der Waals surface area contributed by atoms with Gasteiger partial charge in [-0.1, -0.05) is 15.9 Å². The van der Waals surface area contributed by atoms with Crippen molar-refractivity contribution in [1.82, 2.24) is 15.8 Å². The van der Waals surface area contributed by atoms with Gasteiger partial charge in [-0.15, -0.1) is 0 Å². The zero-order valence-electron chi connectivity index (χ0n) is 11.7. The molecule has 22 heavy (non-hydrogen) atoms. The lowest BCUT2D eigenvalue weighted by atomic mass is 10.2. The Morgan fingerprint density at radius 2 is 2.09 bits per heavy atom. The van der Waals surface area contributed by atoms with Crippen LogP contribution < -0.4 is 15.6 Å². The molecule has 0 spiro atoms. The third-order valence-electron chi connectivity index (χ3n) is 2.75. The number of carbonyl (C=O) groups is 2. The summed E-state index contributed by atoms with van der Waals surface area (Å²) < 4.78 is 6.07. The summed E-state index contributed by atoms with van der Waals surface area (Å²) >= 11 is 3.35. The first kappa shape index (κ1) is 15.8. The van der Waals surface area contributed by atoms with Crippen molar-refractivity contribution in [1.29, 1.82) is 0 Å². The second kappa shape index (κ2) is 7.46. The first-order valence-corrected chi connectivity index (χ1v) is 7.15. The fourth-order valence-electron chi connectivity index (χ4n) is 1.70. The molecule has 3 N–H and O–H groups in total. The maximum absolute atomic E-state index is 11.7. The Hall–Kier alpha value is -2.54. The summed E-state index contributed by atoms with van der Waals surface area (Å²) in [5, 5.41) is 0. The molecule has 0 aliphatic rings. The highest BCUT2D eigenvalue weighted by Crippen LogP contribution is 2.23. The molecule has 0 saturated heterocycles. The smallest absolute Gasteiger partial charge is 0.286 e. The van der Waals surface area contributed by atoms with E-state index in [1.165, 1.54) is 6.08 Å². The maximum Gasteiger partial charge on any atom is 0.286 e. The number of H-pyrrole nitrogens is 1. The summed E-state index contributed by atoms with van der Waals surface area (Å²) in [6.45, 7) is 0. The van der Waals surface area contributed by atoms with Gasteiger partial charge < -0.3 is 9.72 Å². The molecule has 114 valence electrons. The lowest BCUT2D eigenvalue weighted by Crippen LogP contribution is -2.40. The van der Waals surface area contributed by atoms with Gasteiger partial charge in [-0.3, -0.25) is 20.4 Å². The highest BCUT2D eigenvalue weighted by Gasteiger charge is 2.06. The van der Waals surface area contributed by atoms with Gasteiger partial charge in [0.05, 0.1) is 7.11 Å². The van der Waals surface area contributed by atoms with Crippen LogP contribution in [0.2, 0.25) is 0 Å². The quantitative estimate of drug-likeness (QED) is 0.575. The van der Waals surface area contributed by atoms with Crippen LogP contribution in [-0.2, 0) is 4.79 Å². The van der Waals surface area contributed by atoms with Crippen LogP contribution in [-0.4, -0.2) is 23.9 Å². The predicted octanol–water partition coefficient (Wildman–Crippen LogP) is 2.26. The summed E-state index contributed by atoms with van der Waals surface area (Å²) in [4.78, 5) is 26.1. The Morgan fingerprint density at radius 3 is 2.77 bits per heavy atom. The topological polar surface area (TPSA) is 83.2 Å². The summed E-state index contributed by atoms with van der Waals surface area (Å²) in [6, 6.07) is 8.74. The van der Waals surface area contributed by atoms with Crippen LogP contribution in [0.15, 0.2) is 47.1 Å². The molecule has 0 radical (unpaired) electrons. The Labute approximate surface area is 135 Å². The number of amides is 2. The summed E-state index contributed by atoms with van der Waals surface area (Å²) in [5.41, 5.74) is 5.69. The van der Waals surface area contributed by atoms with Gasteiger partial charge in [-0.05, 0) is 36.4 Å². The summed E-state index contributed by atoms with van der Waals surface area (Å²) in [5.74, 6) is -0.239. The molecule has 2 rings (SSSR count). The highest BCUT2D eigenvalue weighted by molar-refractivity contribution is 9.10. The van der Waals surface area contributed by atoms with Gasteiger partial charge in [-0.2, -0.15) is 0 Å². The molecular formula is C15H14BrN3O3. The van der Waals surface area contributed by atoms with Gasteiger partial charge in [0.1, 0.15) is 11.4 Å². The molecule has 1 aromatic carbocycles. The van der Waals surface area contributed by atoms with E-state index in [2.05, 4.69) is 31.8 Å². The summed E-state index contributed by atoms with van der Waals surface area (Å²) in [7, 11) is 1.55. The van der Waals surface area contributed by atoms with E-state index in [0.717, 1.165) is 10.0 Å². The second-order valence-electron chi connectivity index (χ2n) is 4.25. The Morgan fingerprint density at radius 1 is 1.27 bits per heavy atom. The molecule has 0 saturated carbocycles. The van der Waals surface area contributed by atoms with Crippen LogP contribution in [0.5, 0.6) is 5.75 Å². The fourth-order valence-corrected chi connectivity index (χ4v) is 2.08. The van der Waals surface area contributed by atoms with E-state index in [4.69, 9.17) is 4.74 Å². The highest BCUT2D eigenvalue weighted by atomic mass is 79.9. The van der Waals surface area contributed by atoms with Gasteiger partial charge in [0.25, 0.3) is 11.8 Å². The molecule has 0 unspecified atom stereocenters. The average molecular weight is 364 g/mol. The number of rotatable bonds is 4. The third kappa shape index (κ3) is 4.23. The van der Waals surface area contributed by atoms with Crippen LogP contribution in [0.4, 0.5) is 0 Å². The predicted molar refractivity (Wildman–Crippen MR) is 86.1 cm³/mol. The van der Waals surface area contributed by atoms with Crippen molar-refractivity contribution in [3.8, 4) is 5.75 Å². The molecule has 0 aliphatic heterocycles. The average Bonchev–Trinajstić information content (AvgIpc) is 3.05. The molecular weight excluding hydrogens is 350 g/mol. The first-order chi connectivity index (χ1) is 10.6. The monoisotopic (exact) mass is 363 g/mol. The Kier molecular flexibility index (Phi) is 5.37. The zero-order chi connectivity index (χ0) is 15.9. The molecule has 1 heterocycles. The minimum atomic E-state index is -0.457. The van der Waals surface area contributed by atoms with E-state index in [9.17, 15) is 9.59 Å². The van der Waals surface area contributed by atoms with Crippen molar-refractivity contribution in [3.63, 3.8) is 0 Å². The van der Waals surface area contributed by atoms with E-state index in [1.54, 1.807) is 37.6 Å². The van der Waals surface area contributed by atoms with Crippen LogP contribution in [0.1, 0.15) is 16.1 Å². The summed E-state index contributed by atoms with van der Waals surface area (Å²) in [6.07, 6.45) is 4.52. The van der Waals surface area contributed by atoms with Crippen molar-refractivity contribution in [2.45, 2.75) is 0 Å². The third-order valence-corrected chi connectivity index (χ3v) is 3.24. The van der Waals surface area contributed by atoms with Gasteiger partial charge in [0, 0.05) is 22.3 Å². The number of aromatic nitrogens is 1. The number of benzene rings is 1. The van der Waals surface area contributed by atoms with Crippen LogP contribution in [0, 0.1) is 0 Å². The number of methoxy groups -OCH3 is 1. The van der Waals surface area contributed by atoms with E-state index in [-0.39, 0.29) is 0 Å². The molecule has 1 aromatic heterocycles. The van der Waals surface area contributed by atoms with Gasteiger partial charge in [0.2, 0.25) is 0 Å². The standard InChI is InChI=1S/C15H14BrN3O3/c1-22-13-6-5-11(16)9-10(13)4-7-14(20)18-19-15(21)12-3-2-8-17-12/h2-9,17H,1H3,(H,18,20)(H,19,21)/b7-4+. The van der Waals surface area contributed by atoms with Crippen LogP contribution >= 0.6 is 15.9 Å². The van der Waals surface area contributed by atoms with Crippen molar-refractivity contribution in [2.75, 3.05) is 7.11 Å². The zero-order valence-corrected chi connectivity index (χ0v) is 13.3. The molecule has 0 bridgehead atoms. The van der Waals surface area contributed by atoms with E-state index in [0.29, 0.717) is 11.4 Å². The molecule has 0 fully saturated rings. The van der Waals surface area contributed by atoms with Crippen LogP contribution in [0.25, 0.3) is 6.08 Å². The first-order valence-electron chi connectivity index (χ1n) is 6.35. The molecule has 7 heteroatoms. The molecule has 2 aromatic rings. The molecule has 6 nitrogen and oxygen atoms in total. The fraction of sp³-hybridized carbons (Fsp3) is 0.0667. The number of carbonyl (C=O) groups excluding carboxylic acids is 2. The van der Waals surface area contributed by atoms with Crippen molar-refractivity contribution in [2.24, 2.45) is 0 Å². The Bertz CT molecular complexity index is 696. The van der Waals surface area contributed by atoms with Crippen molar-refractivity contribution < 1.29 is 14.3 Å². The lowest BCUT2D eigenvalue weighted by molar-refractivity contribution is -0.117.